The Morgan fingerprint density at radius 2 is 2.20 bits per heavy atom. The fourth-order valence-electron chi connectivity index (χ4n) is 1.17. The first kappa shape index (κ1) is 7.50. The summed E-state index contributed by atoms with van der Waals surface area (Å²) >= 11 is 0. The van der Waals surface area contributed by atoms with Crippen molar-refractivity contribution in [3.8, 4) is 0 Å². The Hall–Kier alpha value is -0.610. The van der Waals surface area contributed by atoms with E-state index in [0.29, 0.717) is 13.1 Å². The molecule has 0 saturated carbocycles. The van der Waals surface area contributed by atoms with Crippen LogP contribution in [0.25, 0.3) is 0 Å². The van der Waals surface area contributed by atoms with Gasteiger partial charge in [-0.15, -0.1) is 0 Å². The molecule has 10 heavy (non-hydrogen) atoms. The number of carbonyl (C=O) groups excluding carboxylic acids is 1. The summed E-state index contributed by atoms with van der Waals surface area (Å²) in [6.07, 6.45) is 0. The van der Waals surface area contributed by atoms with E-state index in [2.05, 4.69) is 4.74 Å². The summed E-state index contributed by atoms with van der Waals surface area (Å²) in [5.74, 6) is -0.536. The maximum atomic E-state index is 10.8. The number of nitrogens with zero attached hydrogens (tertiary/aromatic N) is 1. The van der Waals surface area contributed by atoms with Crippen LogP contribution >= 0.6 is 0 Å². The highest BCUT2D eigenvalue weighted by molar-refractivity contribution is 5.81. The van der Waals surface area contributed by atoms with E-state index in [1.807, 2.05) is 11.9 Å². The van der Waals surface area contributed by atoms with Gasteiger partial charge in [0.05, 0.1) is 7.11 Å². The van der Waals surface area contributed by atoms with Crippen LogP contribution in [-0.2, 0) is 9.53 Å². The predicted octanol–water partition coefficient (Wildman–Crippen LogP) is -1.16. The van der Waals surface area contributed by atoms with Crippen LogP contribution in [0.1, 0.15) is 0 Å². The van der Waals surface area contributed by atoms with Gasteiger partial charge >= 0.3 is 5.97 Å². The number of likely N-dealkylation sites (N-methyl/N-ethyl adjacent to an activating group) is 1. The van der Waals surface area contributed by atoms with Gasteiger partial charge < -0.3 is 9.84 Å². The topological polar surface area (TPSA) is 49.8 Å². The van der Waals surface area contributed by atoms with Gasteiger partial charge in [-0.1, -0.05) is 0 Å². The molecule has 0 aromatic carbocycles. The number of likely N-dealkylation sites (tertiary alicyclic amines) is 1. The number of hydrogen-bond acceptors (Lipinski definition) is 4. The molecule has 0 bridgehead atoms. The Balaban J connectivity index is 2.48. The zero-order chi connectivity index (χ0) is 7.78. The smallest absolute Gasteiger partial charge is 0.340 e. The molecule has 0 amide bonds. The normalized spacial score (nSPS) is 23.5. The lowest BCUT2D eigenvalue weighted by atomic mass is 9.95. The molecule has 1 saturated heterocycles. The van der Waals surface area contributed by atoms with Crippen LogP contribution < -0.4 is 0 Å². The lowest BCUT2D eigenvalue weighted by Crippen LogP contribution is -2.64. The molecular formula is C6H11NO3. The van der Waals surface area contributed by atoms with Crippen LogP contribution in [0.3, 0.4) is 0 Å². The monoisotopic (exact) mass is 145 g/mol. The molecule has 0 radical (unpaired) electrons. The molecule has 1 aliphatic rings. The van der Waals surface area contributed by atoms with Gasteiger partial charge in [-0.2, -0.15) is 0 Å². The first-order valence-corrected chi connectivity index (χ1v) is 3.08. The van der Waals surface area contributed by atoms with E-state index in [0.717, 1.165) is 0 Å². The molecular weight excluding hydrogens is 134 g/mol. The lowest BCUT2D eigenvalue weighted by Gasteiger charge is -2.41. The van der Waals surface area contributed by atoms with Gasteiger partial charge in [-0.25, -0.2) is 4.79 Å². The maximum absolute atomic E-state index is 10.8. The Kier molecular flexibility index (Phi) is 1.66. The zero-order valence-corrected chi connectivity index (χ0v) is 6.13. The standard InChI is InChI=1S/C6H11NO3/c1-7-3-6(9,4-7)5(8)10-2/h9H,3-4H2,1-2H3. The van der Waals surface area contributed by atoms with E-state index in [9.17, 15) is 9.90 Å². The molecule has 0 aromatic heterocycles. The molecule has 0 spiro atoms. The molecule has 0 aliphatic carbocycles. The third-order valence-electron chi connectivity index (χ3n) is 1.63. The molecule has 0 atom stereocenters. The molecule has 1 aliphatic heterocycles. The minimum atomic E-state index is -1.23. The molecule has 1 N–H and O–H groups in total. The summed E-state index contributed by atoms with van der Waals surface area (Å²) in [7, 11) is 3.11. The fourth-order valence-corrected chi connectivity index (χ4v) is 1.17. The molecule has 58 valence electrons. The minimum absolute atomic E-state index is 0.375. The molecule has 1 fully saturated rings. The van der Waals surface area contributed by atoms with Crippen molar-refractivity contribution in [3.63, 3.8) is 0 Å². The van der Waals surface area contributed by atoms with Gasteiger partial charge in [0.15, 0.2) is 5.60 Å². The van der Waals surface area contributed by atoms with Gasteiger partial charge in [0.1, 0.15) is 0 Å². The van der Waals surface area contributed by atoms with E-state index in [-0.39, 0.29) is 0 Å². The lowest BCUT2D eigenvalue weighted by molar-refractivity contribution is -0.179. The average molecular weight is 145 g/mol. The molecule has 4 heteroatoms. The SMILES string of the molecule is COC(=O)C1(O)CN(C)C1. The van der Waals surface area contributed by atoms with E-state index in [4.69, 9.17) is 0 Å². The number of carbonyl (C=O) groups is 1. The number of hydrogen-bond donors (Lipinski definition) is 1. The van der Waals surface area contributed by atoms with Crippen molar-refractivity contribution in [2.24, 2.45) is 0 Å². The number of rotatable bonds is 1. The van der Waals surface area contributed by atoms with Crippen molar-refractivity contribution in [2.45, 2.75) is 5.60 Å². The fraction of sp³-hybridized carbons (Fsp3) is 0.833. The van der Waals surface area contributed by atoms with E-state index >= 15 is 0 Å². The van der Waals surface area contributed by atoms with Crippen LogP contribution in [0, 0.1) is 0 Å². The maximum Gasteiger partial charge on any atom is 0.340 e. The Morgan fingerprint density at radius 3 is 2.50 bits per heavy atom. The predicted molar refractivity (Wildman–Crippen MR) is 34.5 cm³/mol. The minimum Gasteiger partial charge on any atom is -0.467 e. The molecule has 0 aromatic rings. The Morgan fingerprint density at radius 1 is 1.70 bits per heavy atom. The number of ether oxygens (including phenoxy) is 1. The highest BCUT2D eigenvalue weighted by Crippen LogP contribution is 2.19. The van der Waals surface area contributed by atoms with Crippen LogP contribution in [0.5, 0.6) is 0 Å². The van der Waals surface area contributed by atoms with Crippen molar-refractivity contribution in [3.05, 3.63) is 0 Å². The van der Waals surface area contributed by atoms with Crippen molar-refractivity contribution >= 4 is 5.97 Å². The summed E-state index contributed by atoms with van der Waals surface area (Å²) in [4.78, 5) is 12.6. The van der Waals surface area contributed by atoms with Crippen molar-refractivity contribution in [1.29, 1.82) is 0 Å². The first-order chi connectivity index (χ1) is 4.58. The molecule has 1 heterocycles. The molecule has 4 nitrogen and oxygen atoms in total. The summed E-state index contributed by atoms with van der Waals surface area (Å²) in [6, 6.07) is 0. The summed E-state index contributed by atoms with van der Waals surface area (Å²) in [6.45, 7) is 0.749. The van der Waals surface area contributed by atoms with Crippen LogP contribution in [0.2, 0.25) is 0 Å². The zero-order valence-electron chi connectivity index (χ0n) is 6.13. The van der Waals surface area contributed by atoms with E-state index in [1.165, 1.54) is 7.11 Å². The van der Waals surface area contributed by atoms with Crippen LogP contribution in [0.15, 0.2) is 0 Å². The quantitative estimate of drug-likeness (QED) is 0.473. The van der Waals surface area contributed by atoms with Gasteiger partial charge in [-0.05, 0) is 7.05 Å². The molecule has 1 rings (SSSR count). The van der Waals surface area contributed by atoms with E-state index < -0.39 is 11.6 Å². The van der Waals surface area contributed by atoms with Gasteiger partial charge in [-0.3, -0.25) is 4.90 Å². The Labute approximate surface area is 59.4 Å². The number of β-amino-alcohol motifs (C(OH)–C–C–N with tert-alkyl or cyclic N) is 1. The number of aliphatic hydroxyl groups is 1. The van der Waals surface area contributed by atoms with Gasteiger partial charge in [0.25, 0.3) is 0 Å². The second kappa shape index (κ2) is 2.21. The molecule has 0 unspecified atom stereocenters. The van der Waals surface area contributed by atoms with Gasteiger partial charge in [0, 0.05) is 13.1 Å². The van der Waals surface area contributed by atoms with Crippen LogP contribution in [-0.4, -0.2) is 48.8 Å². The third kappa shape index (κ3) is 0.998. The van der Waals surface area contributed by atoms with Crippen molar-refractivity contribution < 1.29 is 14.6 Å². The third-order valence-corrected chi connectivity index (χ3v) is 1.63. The van der Waals surface area contributed by atoms with Gasteiger partial charge in [0.2, 0.25) is 0 Å². The summed E-state index contributed by atoms with van der Waals surface area (Å²) in [5, 5.41) is 9.33. The largest absolute Gasteiger partial charge is 0.467 e. The van der Waals surface area contributed by atoms with Crippen LogP contribution in [0.4, 0.5) is 0 Å². The summed E-state index contributed by atoms with van der Waals surface area (Å²) in [5.41, 5.74) is -1.23. The van der Waals surface area contributed by atoms with Crippen molar-refractivity contribution in [1.82, 2.24) is 4.90 Å². The number of methoxy groups -OCH3 is 1. The highest BCUT2D eigenvalue weighted by Gasteiger charge is 2.47. The van der Waals surface area contributed by atoms with Crippen molar-refractivity contribution in [2.75, 3.05) is 27.2 Å². The number of esters is 1. The Bertz CT molecular complexity index is 151. The average Bonchev–Trinajstić information content (AvgIpc) is 1.83. The van der Waals surface area contributed by atoms with E-state index in [1.54, 1.807) is 0 Å². The first-order valence-electron chi connectivity index (χ1n) is 3.08. The second-order valence-corrected chi connectivity index (χ2v) is 2.70. The second-order valence-electron chi connectivity index (χ2n) is 2.70. The summed E-state index contributed by atoms with van der Waals surface area (Å²) < 4.78 is 4.39. The highest BCUT2D eigenvalue weighted by atomic mass is 16.5.